The Morgan fingerprint density at radius 3 is 1.93 bits per heavy atom. The normalized spacial score (nSPS) is 13.8. The van der Waals surface area contributed by atoms with Crippen LogP contribution in [0.4, 0.5) is 0 Å². The van der Waals surface area contributed by atoms with Crippen LogP contribution in [0.2, 0.25) is 0 Å². The van der Waals surface area contributed by atoms with Crippen LogP contribution in [-0.4, -0.2) is 60.9 Å². The molecule has 28 heavy (non-hydrogen) atoms. The third-order valence-electron chi connectivity index (χ3n) is 5.32. The molecule has 150 valence electrons. The van der Waals surface area contributed by atoms with Crippen molar-refractivity contribution in [2.75, 3.05) is 39.3 Å². The molecular weight excluding hydrogens is 352 g/mol. The van der Waals surface area contributed by atoms with Crippen molar-refractivity contribution in [1.82, 2.24) is 9.80 Å². The molecule has 0 aromatic heterocycles. The zero-order chi connectivity index (χ0) is 19.9. The predicted octanol–water partition coefficient (Wildman–Crippen LogP) is 2.22. The van der Waals surface area contributed by atoms with Crippen molar-refractivity contribution in [3.63, 3.8) is 0 Å². The van der Waals surface area contributed by atoms with Gasteiger partial charge in [0.05, 0.1) is 0 Å². The molecule has 6 heteroatoms. The summed E-state index contributed by atoms with van der Waals surface area (Å²) in [7, 11) is 0. The van der Waals surface area contributed by atoms with Crippen LogP contribution in [0.15, 0.2) is 36.4 Å². The average molecular weight is 383 g/mol. The second-order valence-electron chi connectivity index (χ2n) is 7.30. The third kappa shape index (κ3) is 4.41. The van der Waals surface area contributed by atoms with E-state index in [2.05, 4.69) is 4.90 Å². The fourth-order valence-electron chi connectivity index (χ4n) is 3.87. The molecule has 2 amide bonds. The maximum Gasteiger partial charge on any atom is 0.261 e. The van der Waals surface area contributed by atoms with Crippen LogP contribution in [0.3, 0.4) is 0 Å². The third-order valence-corrected chi connectivity index (χ3v) is 5.32. The Kier molecular flexibility index (Phi) is 7.14. The molecule has 6 nitrogen and oxygen atoms in total. The number of imide groups is 1. The minimum absolute atomic E-state index is 0.189. The number of carbonyl (C=O) groups excluding carboxylic acids is 2. The van der Waals surface area contributed by atoms with Gasteiger partial charge in [0.15, 0.2) is 0 Å². The van der Waals surface area contributed by atoms with Gasteiger partial charge >= 0.3 is 0 Å². The largest absolute Gasteiger partial charge is 0.330 e. The van der Waals surface area contributed by atoms with E-state index in [4.69, 9.17) is 11.5 Å². The van der Waals surface area contributed by atoms with Gasteiger partial charge in [0.25, 0.3) is 11.8 Å². The van der Waals surface area contributed by atoms with Gasteiger partial charge in [-0.05, 0) is 75.9 Å². The molecule has 1 aliphatic rings. The number of carbonyl (C=O) groups is 2. The van der Waals surface area contributed by atoms with E-state index in [-0.39, 0.29) is 11.8 Å². The number of rotatable bonds is 11. The second kappa shape index (κ2) is 9.78. The molecule has 0 spiro atoms. The molecule has 1 aliphatic heterocycles. The SMILES string of the molecule is NCCCCN(CCCN)CCCN1C(=O)c2cccc3cccc(c23)C1=O. The predicted molar refractivity (Wildman–Crippen MR) is 112 cm³/mol. The van der Waals surface area contributed by atoms with Gasteiger partial charge in [-0.25, -0.2) is 0 Å². The van der Waals surface area contributed by atoms with Crippen molar-refractivity contribution in [3.8, 4) is 0 Å². The number of hydrogen-bond donors (Lipinski definition) is 2. The summed E-state index contributed by atoms with van der Waals surface area (Å²) in [6.45, 7) is 4.54. The second-order valence-corrected chi connectivity index (χ2v) is 7.30. The van der Waals surface area contributed by atoms with E-state index in [1.54, 1.807) is 0 Å². The summed E-state index contributed by atoms with van der Waals surface area (Å²) < 4.78 is 0. The highest BCUT2D eigenvalue weighted by Crippen LogP contribution is 2.29. The van der Waals surface area contributed by atoms with E-state index in [1.807, 2.05) is 36.4 Å². The molecule has 0 saturated heterocycles. The van der Waals surface area contributed by atoms with E-state index in [9.17, 15) is 9.59 Å². The molecule has 0 fully saturated rings. The first-order chi connectivity index (χ1) is 13.7. The van der Waals surface area contributed by atoms with Gasteiger partial charge in [0.2, 0.25) is 0 Å². The van der Waals surface area contributed by atoms with Gasteiger partial charge in [-0.2, -0.15) is 0 Å². The lowest BCUT2D eigenvalue weighted by atomic mass is 9.94. The molecule has 2 aromatic carbocycles. The molecule has 0 aliphatic carbocycles. The fourth-order valence-corrected chi connectivity index (χ4v) is 3.87. The first-order valence-electron chi connectivity index (χ1n) is 10.2. The van der Waals surface area contributed by atoms with Gasteiger partial charge in [-0.3, -0.25) is 14.5 Å². The van der Waals surface area contributed by atoms with Crippen LogP contribution in [0.1, 0.15) is 46.4 Å². The number of benzene rings is 2. The summed E-state index contributed by atoms with van der Waals surface area (Å²) in [6, 6.07) is 11.3. The minimum Gasteiger partial charge on any atom is -0.330 e. The fraction of sp³-hybridized carbons (Fsp3) is 0.455. The van der Waals surface area contributed by atoms with Crippen molar-refractivity contribution in [2.45, 2.75) is 25.7 Å². The van der Waals surface area contributed by atoms with Crippen LogP contribution >= 0.6 is 0 Å². The van der Waals surface area contributed by atoms with E-state index < -0.39 is 0 Å². The maximum absolute atomic E-state index is 12.9. The van der Waals surface area contributed by atoms with Gasteiger partial charge in [-0.15, -0.1) is 0 Å². The number of nitrogens with zero attached hydrogens (tertiary/aromatic N) is 2. The summed E-state index contributed by atoms with van der Waals surface area (Å²) in [4.78, 5) is 29.6. The lowest BCUT2D eigenvalue weighted by Gasteiger charge is -2.28. The van der Waals surface area contributed by atoms with Gasteiger partial charge < -0.3 is 16.4 Å². The molecule has 4 N–H and O–H groups in total. The highest BCUT2D eigenvalue weighted by atomic mass is 16.2. The Labute approximate surface area is 166 Å². The zero-order valence-electron chi connectivity index (χ0n) is 16.4. The summed E-state index contributed by atoms with van der Waals surface area (Å²) in [5.74, 6) is -0.378. The number of hydrogen-bond acceptors (Lipinski definition) is 5. The Bertz CT molecular complexity index is 786. The van der Waals surface area contributed by atoms with Crippen molar-refractivity contribution in [3.05, 3.63) is 47.5 Å². The number of amides is 2. The van der Waals surface area contributed by atoms with Gasteiger partial charge in [0.1, 0.15) is 0 Å². The van der Waals surface area contributed by atoms with Crippen LogP contribution in [0.25, 0.3) is 10.8 Å². The smallest absolute Gasteiger partial charge is 0.261 e. The van der Waals surface area contributed by atoms with Gasteiger partial charge in [-0.1, -0.05) is 24.3 Å². The van der Waals surface area contributed by atoms with E-state index in [1.165, 1.54) is 4.90 Å². The summed E-state index contributed by atoms with van der Waals surface area (Å²) >= 11 is 0. The monoisotopic (exact) mass is 382 g/mol. The Balaban J connectivity index is 1.66. The van der Waals surface area contributed by atoms with Crippen molar-refractivity contribution in [1.29, 1.82) is 0 Å². The highest BCUT2D eigenvalue weighted by Gasteiger charge is 2.32. The maximum atomic E-state index is 12.9. The quantitative estimate of drug-likeness (QED) is 0.459. The number of nitrogens with two attached hydrogens (primary N) is 2. The molecule has 2 aromatic rings. The van der Waals surface area contributed by atoms with Crippen LogP contribution in [-0.2, 0) is 0 Å². The topological polar surface area (TPSA) is 92.7 Å². The van der Waals surface area contributed by atoms with Gasteiger partial charge in [0, 0.05) is 23.1 Å². The Morgan fingerprint density at radius 1 is 0.750 bits per heavy atom. The first kappa shape index (κ1) is 20.5. The van der Waals surface area contributed by atoms with E-state index >= 15 is 0 Å². The summed E-state index contributed by atoms with van der Waals surface area (Å²) in [5.41, 5.74) is 12.5. The van der Waals surface area contributed by atoms with E-state index in [0.29, 0.717) is 30.8 Å². The van der Waals surface area contributed by atoms with Crippen LogP contribution < -0.4 is 11.5 Å². The number of unbranched alkanes of at least 4 members (excludes halogenated alkanes) is 1. The molecule has 1 heterocycles. The minimum atomic E-state index is -0.189. The lowest BCUT2D eigenvalue weighted by Crippen LogP contribution is -2.42. The van der Waals surface area contributed by atoms with E-state index in [0.717, 1.165) is 56.1 Å². The van der Waals surface area contributed by atoms with Crippen molar-refractivity contribution in [2.24, 2.45) is 11.5 Å². The Hall–Kier alpha value is -2.28. The van der Waals surface area contributed by atoms with Crippen LogP contribution in [0.5, 0.6) is 0 Å². The molecule has 0 radical (unpaired) electrons. The molecule has 0 atom stereocenters. The standard InChI is InChI=1S/C22H30N4O2/c23-11-1-2-13-25(14-5-12-24)15-6-16-26-21(27)18-9-3-7-17-8-4-10-19(20(17)18)22(26)28/h3-4,7-10H,1-2,5-6,11-16,23-24H2. The van der Waals surface area contributed by atoms with Crippen molar-refractivity contribution >= 4 is 22.6 Å². The average Bonchev–Trinajstić information content (AvgIpc) is 2.72. The zero-order valence-corrected chi connectivity index (χ0v) is 16.4. The molecule has 0 saturated carbocycles. The highest BCUT2D eigenvalue weighted by molar-refractivity contribution is 6.25. The summed E-state index contributed by atoms with van der Waals surface area (Å²) in [6.07, 6.45) is 3.75. The van der Waals surface area contributed by atoms with Crippen molar-refractivity contribution < 1.29 is 9.59 Å². The Morgan fingerprint density at radius 2 is 1.32 bits per heavy atom. The lowest BCUT2D eigenvalue weighted by molar-refractivity contribution is 0.0603. The molecule has 0 unspecified atom stereocenters. The first-order valence-corrected chi connectivity index (χ1v) is 10.2. The molecule has 3 rings (SSSR count). The molecule has 0 bridgehead atoms. The molecular formula is C22H30N4O2. The van der Waals surface area contributed by atoms with Crippen LogP contribution in [0, 0.1) is 0 Å². The summed E-state index contributed by atoms with van der Waals surface area (Å²) in [5, 5.41) is 1.71.